The maximum absolute atomic E-state index is 12.4. The zero-order valence-corrected chi connectivity index (χ0v) is 37.6. The average molecular weight is 792 g/mol. The van der Waals surface area contributed by atoms with E-state index in [4.69, 9.17) is 4.74 Å². The highest BCUT2D eigenvalue weighted by atomic mass is 16.5. The Kier molecular flexibility index (Phi) is 45.1. The third-order valence-corrected chi connectivity index (χ3v) is 11.6. The van der Waals surface area contributed by atoms with Crippen LogP contribution >= 0.6 is 0 Å². The number of esters is 1. The molecule has 0 aromatic heterocycles. The molecule has 0 rings (SSSR count). The van der Waals surface area contributed by atoms with E-state index in [0.717, 1.165) is 44.9 Å². The Morgan fingerprint density at radius 3 is 1.21 bits per heavy atom. The summed E-state index contributed by atoms with van der Waals surface area (Å²) in [5.74, 6) is -0.0730. The summed E-state index contributed by atoms with van der Waals surface area (Å²) in [6.45, 7) is 4.87. The Labute approximate surface area is 349 Å². The Hall–Kier alpha value is -1.40. The minimum atomic E-state index is -0.845. The molecule has 0 aliphatic heterocycles. The third kappa shape index (κ3) is 42.2. The molecule has 2 unspecified atom stereocenters. The van der Waals surface area contributed by atoms with Crippen molar-refractivity contribution in [1.29, 1.82) is 0 Å². The maximum Gasteiger partial charge on any atom is 0.305 e. The van der Waals surface area contributed by atoms with Crippen molar-refractivity contribution in [1.82, 2.24) is 5.32 Å². The predicted octanol–water partition coefficient (Wildman–Crippen LogP) is 14.6. The zero-order chi connectivity index (χ0) is 40.8. The summed E-state index contributed by atoms with van der Waals surface area (Å²) in [7, 11) is 0. The molecule has 1 amide bonds. The van der Waals surface area contributed by atoms with Gasteiger partial charge in [-0.1, -0.05) is 238 Å². The summed E-state index contributed by atoms with van der Waals surface area (Å²) in [6.07, 6.45) is 52.1. The summed E-state index contributed by atoms with van der Waals surface area (Å²) in [5, 5.41) is 22.9. The lowest BCUT2D eigenvalue weighted by molar-refractivity contribution is -0.143. The van der Waals surface area contributed by atoms with Crippen molar-refractivity contribution >= 4 is 11.9 Å². The van der Waals surface area contributed by atoms with Gasteiger partial charge in [-0.05, 0) is 32.1 Å². The highest BCUT2D eigenvalue weighted by molar-refractivity contribution is 5.76. The molecular weight excluding hydrogens is 695 g/mol. The molecule has 0 aliphatic rings. The minimum absolute atomic E-state index is 0.00333. The number of aliphatic hydroxyl groups excluding tert-OH is 2. The van der Waals surface area contributed by atoms with Crippen LogP contribution in [0, 0.1) is 0 Å². The van der Waals surface area contributed by atoms with E-state index in [1.165, 1.54) is 199 Å². The maximum atomic E-state index is 12.4. The first-order valence-corrected chi connectivity index (χ1v) is 25.0. The van der Waals surface area contributed by atoms with Gasteiger partial charge in [-0.3, -0.25) is 9.59 Å². The molecule has 0 aromatic rings. The van der Waals surface area contributed by atoms with Crippen LogP contribution in [0.15, 0.2) is 12.2 Å². The largest absolute Gasteiger partial charge is 0.466 e. The second-order valence-corrected chi connectivity index (χ2v) is 17.2. The van der Waals surface area contributed by atoms with E-state index in [1.807, 2.05) is 6.08 Å². The number of hydrogen-bond donors (Lipinski definition) is 3. The van der Waals surface area contributed by atoms with Crippen LogP contribution in [0.5, 0.6) is 0 Å². The highest BCUT2D eigenvalue weighted by Crippen LogP contribution is 2.16. The number of carbonyl (C=O) groups excluding carboxylic acids is 2. The van der Waals surface area contributed by atoms with Crippen LogP contribution in [0.3, 0.4) is 0 Å². The SMILES string of the molecule is CCCCCCCCCC/C=C/C(O)C(CO)NC(=O)CCCCCCCCCCCCCCCCCCOC(=O)CCCCCCCCCCCCCCC. The molecule has 3 N–H and O–H groups in total. The smallest absolute Gasteiger partial charge is 0.305 e. The molecule has 0 saturated carbocycles. The molecule has 332 valence electrons. The van der Waals surface area contributed by atoms with E-state index in [2.05, 4.69) is 19.2 Å². The topological polar surface area (TPSA) is 95.9 Å². The standard InChI is InChI=1S/C50H97NO5/c1-3-5-7-9-11-13-15-20-24-28-32-36-40-44-50(55)56-45-41-37-33-29-25-22-19-17-16-18-21-23-27-31-35-39-43-49(54)51-47(46-52)48(53)42-38-34-30-26-14-12-10-8-6-4-2/h38,42,47-48,52-53H,3-37,39-41,43-46H2,1-2H3,(H,51,54)/b42-38+. The summed E-state index contributed by atoms with van der Waals surface area (Å²) in [5.41, 5.74) is 0. The normalized spacial score (nSPS) is 12.7. The van der Waals surface area contributed by atoms with Gasteiger partial charge in [0, 0.05) is 12.8 Å². The molecule has 0 saturated heterocycles. The van der Waals surface area contributed by atoms with Crippen molar-refractivity contribution in [3.8, 4) is 0 Å². The van der Waals surface area contributed by atoms with E-state index >= 15 is 0 Å². The summed E-state index contributed by atoms with van der Waals surface area (Å²) in [6, 6.07) is -0.630. The van der Waals surface area contributed by atoms with Crippen molar-refractivity contribution in [2.24, 2.45) is 0 Å². The van der Waals surface area contributed by atoms with Crippen molar-refractivity contribution in [3.05, 3.63) is 12.2 Å². The van der Waals surface area contributed by atoms with Crippen molar-refractivity contribution in [3.63, 3.8) is 0 Å². The highest BCUT2D eigenvalue weighted by Gasteiger charge is 2.18. The molecule has 6 heteroatoms. The number of allylic oxidation sites excluding steroid dienone is 1. The minimum Gasteiger partial charge on any atom is -0.466 e. The average Bonchev–Trinajstić information content (AvgIpc) is 3.20. The van der Waals surface area contributed by atoms with Crippen LogP contribution < -0.4 is 5.32 Å². The van der Waals surface area contributed by atoms with E-state index in [9.17, 15) is 19.8 Å². The number of ether oxygens (including phenoxy) is 1. The van der Waals surface area contributed by atoms with Crippen LogP contribution in [-0.2, 0) is 14.3 Å². The van der Waals surface area contributed by atoms with Crippen molar-refractivity contribution in [2.75, 3.05) is 13.2 Å². The van der Waals surface area contributed by atoms with Gasteiger partial charge in [-0.2, -0.15) is 0 Å². The monoisotopic (exact) mass is 792 g/mol. The van der Waals surface area contributed by atoms with Gasteiger partial charge in [-0.25, -0.2) is 0 Å². The molecule has 0 fully saturated rings. The Balaban J connectivity index is 3.42. The number of carbonyl (C=O) groups is 2. The Morgan fingerprint density at radius 1 is 0.482 bits per heavy atom. The van der Waals surface area contributed by atoms with E-state index in [0.29, 0.717) is 19.4 Å². The van der Waals surface area contributed by atoms with E-state index < -0.39 is 12.1 Å². The van der Waals surface area contributed by atoms with Gasteiger partial charge in [0.25, 0.3) is 0 Å². The van der Waals surface area contributed by atoms with Gasteiger partial charge in [0.05, 0.1) is 25.4 Å². The molecule has 0 aliphatic carbocycles. The second kappa shape index (κ2) is 46.3. The zero-order valence-electron chi connectivity index (χ0n) is 37.6. The van der Waals surface area contributed by atoms with Gasteiger partial charge in [0.1, 0.15) is 0 Å². The van der Waals surface area contributed by atoms with Crippen LogP contribution in [0.25, 0.3) is 0 Å². The fourth-order valence-electron chi connectivity index (χ4n) is 7.69. The van der Waals surface area contributed by atoms with Crippen LogP contribution in [0.2, 0.25) is 0 Å². The van der Waals surface area contributed by atoms with Gasteiger partial charge in [-0.15, -0.1) is 0 Å². The molecule has 0 bridgehead atoms. The molecule has 0 aromatic carbocycles. The summed E-state index contributed by atoms with van der Waals surface area (Å²) >= 11 is 0. The van der Waals surface area contributed by atoms with Gasteiger partial charge in [0.15, 0.2) is 0 Å². The lowest BCUT2D eigenvalue weighted by atomic mass is 10.0. The molecule has 0 heterocycles. The molecule has 0 radical (unpaired) electrons. The summed E-state index contributed by atoms with van der Waals surface area (Å²) in [4.78, 5) is 24.4. The molecule has 2 atom stereocenters. The fraction of sp³-hybridized carbons (Fsp3) is 0.920. The number of hydrogen-bond acceptors (Lipinski definition) is 5. The lowest BCUT2D eigenvalue weighted by Crippen LogP contribution is -2.45. The van der Waals surface area contributed by atoms with Crippen LogP contribution in [0.4, 0.5) is 0 Å². The molecular formula is C50H97NO5. The molecule has 6 nitrogen and oxygen atoms in total. The second-order valence-electron chi connectivity index (χ2n) is 17.2. The molecule has 0 spiro atoms. The van der Waals surface area contributed by atoms with Gasteiger partial charge >= 0.3 is 5.97 Å². The first-order chi connectivity index (χ1) is 27.5. The third-order valence-electron chi connectivity index (χ3n) is 11.6. The number of unbranched alkanes of at least 4 members (excludes halogenated alkanes) is 35. The predicted molar refractivity (Wildman–Crippen MR) is 241 cm³/mol. The number of nitrogens with one attached hydrogen (secondary N) is 1. The Bertz CT molecular complexity index is 832. The van der Waals surface area contributed by atoms with Crippen molar-refractivity contribution in [2.45, 2.75) is 283 Å². The van der Waals surface area contributed by atoms with Gasteiger partial charge < -0.3 is 20.3 Å². The van der Waals surface area contributed by atoms with E-state index in [-0.39, 0.29) is 18.5 Å². The van der Waals surface area contributed by atoms with Gasteiger partial charge in [0.2, 0.25) is 5.91 Å². The lowest BCUT2D eigenvalue weighted by Gasteiger charge is -2.20. The fourth-order valence-corrected chi connectivity index (χ4v) is 7.69. The first kappa shape index (κ1) is 54.6. The van der Waals surface area contributed by atoms with Crippen molar-refractivity contribution < 1.29 is 24.5 Å². The summed E-state index contributed by atoms with van der Waals surface area (Å²) < 4.78 is 5.46. The number of rotatable bonds is 46. The van der Waals surface area contributed by atoms with E-state index in [1.54, 1.807) is 6.08 Å². The Morgan fingerprint density at radius 2 is 0.821 bits per heavy atom. The number of amides is 1. The number of aliphatic hydroxyl groups is 2. The first-order valence-electron chi connectivity index (χ1n) is 25.0. The molecule has 56 heavy (non-hydrogen) atoms. The van der Waals surface area contributed by atoms with Crippen LogP contribution in [0.1, 0.15) is 271 Å². The van der Waals surface area contributed by atoms with Crippen LogP contribution in [-0.4, -0.2) is 47.4 Å². The quantitative estimate of drug-likeness (QED) is 0.0324.